The average molecular weight is 270 g/mol. The lowest BCUT2D eigenvalue weighted by Crippen LogP contribution is -2.46. The number of piperidine rings is 1. The quantitative estimate of drug-likeness (QED) is 0.905. The minimum absolute atomic E-state index is 0.598. The van der Waals surface area contributed by atoms with Crippen LogP contribution in [-0.2, 0) is 0 Å². The molecule has 0 aliphatic carbocycles. The molecule has 3 aliphatic heterocycles. The highest BCUT2D eigenvalue weighted by atomic mass is 16.3. The van der Waals surface area contributed by atoms with Crippen LogP contribution in [0.1, 0.15) is 19.3 Å². The van der Waals surface area contributed by atoms with E-state index < -0.39 is 0 Å². The summed E-state index contributed by atoms with van der Waals surface area (Å²) >= 11 is 0. The summed E-state index contributed by atoms with van der Waals surface area (Å²) in [5, 5.41) is 12.3. The number of aromatic nitrogens is 2. The minimum Gasteiger partial charge on any atom is -0.463 e. The fourth-order valence-corrected chi connectivity index (χ4v) is 3.26. The highest BCUT2D eigenvalue weighted by Crippen LogP contribution is 2.28. The van der Waals surface area contributed by atoms with Gasteiger partial charge in [0.15, 0.2) is 11.6 Å². The van der Waals surface area contributed by atoms with Crippen LogP contribution >= 0.6 is 0 Å². The molecule has 0 spiro atoms. The summed E-state index contributed by atoms with van der Waals surface area (Å²) in [5.74, 6) is 1.75. The van der Waals surface area contributed by atoms with Crippen LogP contribution in [0.5, 0.6) is 0 Å². The summed E-state index contributed by atoms with van der Waals surface area (Å²) < 4.78 is 5.35. The number of anilines is 1. The van der Waals surface area contributed by atoms with Crippen molar-refractivity contribution in [2.45, 2.75) is 31.3 Å². The van der Waals surface area contributed by atoms with Crippen molar-refractivity contribution in [3.05, 3.63) is 30.5 Å². The summed E-state index contributed by atoms with van der Waals surface area (Å²) in [6.07, 6.45) is 5.38. The van der Waals surface area contributed by atoms with Crippen LogP contribution in [0.4, 0.5) is 5.82 Å². The molecule has 3 saturated heterocycles. The molecule has 0 radical (unpaired) electrons. The van der Waals surface area contributed by atoms with Gasteiger partial charge in [0.05, 0.1) is 6.26 Å². The van der Waals surface area contributed by atoms with E-state index in [1.54, 1.807) is 6.26 Å². The van der Waals surface area contributed by atoms with E-state index >= 15 is 0 Å². The summed E-state index contributed by atoms with van der Waals surface area (Å²) in [6, 6.07) is 9.02. The van der Waals surface area contributed by atoms with Gasteiger partial charge in [-0.2, -0.15) is 0 Å². The molecule has 5 rings (SSSR count). The first-order chi connectivity index (χ1) is 9.90. The summed E-state index contributed by atoms with van der Waals surface area (Å²) in [5.41, 5.74) is 0.789. The fourth-order valence-electron chi connectivity index (χ4n) is 3.26. The molecule has 0 aromatic carbocycles. The van der Waals surface area contributed by atoms with E-state index in [9.17, 15) is 0 Å². The van der Waals surface area contributed by atoms with Crippen LogP contribution in [0.15, 0.2) is 34.9 Å². The van der Waals surface area contributed by atoms with Crippen LogP contribution < -0.4 is 10.2 Å². The Balaban J connectivity index is 1.59. The van der Waals surface area contributed by atoms with Crippen molar-refractivity contribution in [1.82, 2.24) is 15.5 Å². The number of nitrogens with zero attached hydrogens (tertiary/aromatic N) is 3. The van der Waals surface area contributed by atoms with E-state index in [0.717, 1.165) is 30.4 Å². The number of hydrogen-bond donors (Lipinski definition) is 1. The number of fused-ring (bicyclic) bond motifs is 4. The molecule has 5 heteroatoms. The molecule has 2 aromatic rings. The molecule has 2 bridgehead atoms. The van der Waals surface area contributed by atoms with Gasteiger partial charge in [-0.15, -0.1) is 10.2 Å². The molecule has 5 nitrogen and oxygen atoms in total. The molecule has 104 valence electrons. The van der Waals surface area contributed by atoms with Gasteiger partial charge in [-0.1, -0.05) is 0 Å². The second kappa shape index (κ2) is 4.90. The summed E-state index contributed by atoms with van der Waals surface area (Å²) in [6.45, 7) is 2.16. The zero-order valence-electron chi connectivity index (χ0n) is 11.3. The zero-order valence-corrected chi connectivity index (χ0v) is 11.3. The van der Waals surface area contributed by atoms with Crippen molar-refractivity contribution < 1.29 is 4.42 Å². The number of rotatable bonds is 2. The molecule has 2 atom stereocenters. The molecule has 2 aromatic heterocycles. The van der Waals surface area contributed by atoms with Gasteiger partial charge in [-0.05, 0) is 50.1 Å². The lowest BCUT2D eigenvalue weighted by atomic mass is 9.99. The maximum Gasteiger partial charge on any atom is 0.154 e. The number of nitrogens with one attached hydrogen (secondary N) is 1. The van der Waals surface area contributed by atoms with Crippen LogP contribution in [0.2, 0.25) is 0 Å². The Kier molecular flexibility index (Phi) is 2.92. The van der Waals surface area contributed by atoms with Gasteiger partial charge in [0.1, 0.15) is 5.69 Å². The molecular weight excluding hydrogens is 252 g/mol. The van der Waals surface area contributed by atoms with Crippen LogP contribution in [0.25, 0.3) is 11.5 Å². The van der Waals surface area contributed by atoms with Crippen molar-refractivity contribution in [3.8, 4) is 11.5 Å². The Bertz CT molecular complexity index is 562. The van der Waals surface area contributed by atoms with Gasteiger partial charge in [0, 0.05) is 18.6 Å². The smallest absolute Gasteiger partial charge is 0.154 e. The van der Waals surface area contributed by atoms with E-state index in [1.165, 1.54) is 19.3 Å². The van der Waals surface area contributed by atoms with Crippen LogP contribution in [0.3, 0.4) is 0 Å². The standard InChI is InChI=1S/C15H18N4O/c1-2-14(20-9-1)13-5-6-15(18-17-13)19-10-11-3-4-12(19)7-8-16-11/h1-2,5-6,9,11-12,16H,3-4,7-8,10H2. The molecule has 5 heterocycles. The third-order valence-corrected chi connectivity index (χ3v) is 4.34. The highest BCUT2D eigenvalue weighted by Gasteiger charge is 2.31. The van der Waals surface area contributed by atoms with Gasteiger partial charge < -0.3 is 14.6 Å². The monoisotopic (exact) mass is 270 g/mol. The highest BCUT2D eigenvalue weighted by molar-refractivity contribution is 5.53. The second-order valence-corrected chi connectivity index (χ2v) is 5.58. The third-order valence-electron chi connectivity index (χ3n) is 4.34. The SMILES string of the molecule is c1coc(-c2ccc(N3CC4CCC3CCN4)nn2)c1. The molecule has 0 saturated carbocycles. The predicted molar refractivity (Wildman–Crippen MR) is 76.5 cm³/mol. The molecule has 3 fully saturated rings. The first-order valence-corrected chi connectivity index (χ1v) is 7.28. The molecule has 2 unspecified atom stereocenters. The van der Waals surface area contributed by atoms with E-state index in [1.807, 2.05) is 18.2 Å². The zero-order chi connectivity index (χ0) is 13.4. The summed E-state index contributed by atoms with van der Waals surface area (Å²) in [4.78, 5) is 2.41. The Morgan fingerprint density at radius 1 is 1.15 bits per heavy atom. The van der Waals surface area contributed by atoms with Gasteiger partial charge in [0.2, 0.25) is 0 Å². The Labute approximate surface area is 118 Å². The van der Waals surface area contributed by atoms with Crippen molar-refractivity contribution in [2.75, 3.05) is 18.0 Å². The predicted octanol–water partition coefficient (Wildman–Crippen LogP) is 2.07. The van der Waals surface area contributed by atoms with E-state index in [4.69, 9.17) is 4.42 Å². The lowest BCUT2D eigenvalue weighted by molar-refractivity contribution is 0.426. The van der Waals surface area contributed by atoms with Gasteiger partial charge in [0.25, 0.3) is 0 Å². The van der Waals surface area contributed by atoms with Crippen molar-refractivity contribution >= 4 is 5.82 Å². The van der Waals surface area contributed by atoms with Crippen molar-refractivity contribution in [1.29, 1.82) is 0 Å². The van der Waals surface area contributed by atoms with Crippen molar-refractivity contribution in [3.63, 3.8) is 0 Å². The first-order valence-electron chi connectivity index (χ1n) is 7.28. The molecule has 0 amide bonds. The Morgan fingerprint density at radius 3 is 2.95 bits per heavy atom. The van der Waals surface area contributed by atoms with Gasteiger partial charge >= 0.3 is 0 Å². The maximum absolute atomic E-state index is 5.35. The van der Waals surface area contributed by atoms with Crippen molar-refractivity contribution in [2.24, 2.45) is 0 Å². The second-order valence-electron chi connectivity index (χ2n) is 5.58. The average Bonchev–Trinajstić information content (AvgIpc) is 2.85. The van der Waals surface area contributed by atoms with E-state index in [-0.39, 0.29) is 0 Å². The summed E-state index contributed by atoms with van der Waals surface area (Å²) in [7, 11) is 0. The van der Waals surface area contributed by atoms with E-state index in [0.29, 0.717) is 12.1 Å². The molecular formula is C15H18N4O. The van der Waals surface area contributed by atoms with E-state index in [2.05, 4.69) is 26.5 Å². The van der Waals surface area contributed by atoms with Crippen LogP contribution in [0, 0.1) is 0 Å². The topological polar surface area (TPSA) is 54.2 Å². The fraction of sp³-hybridized carbons (Fsp3) is 0.467. The Morgan fingerprint density at radius 2 is 2.15 bits per heavy atom. The normalized spacial score (nSPS) is 25.7. The first kappa shape index (κ1) is 11.9. The molecule has 3 aliphatic rings. The third kappa shape index (κ3) is 2.08. The Hall–Kier alpha value is -1.88. The van der Waals surface area contributed by atoms with Crippen LogP contribution in [-0.4, -0.2) is 35.4 Å². The van der Waals surface area contributed by atoms with Gasteiger partial charge in [-0.3, -0.25) is 0 Å². The molecule has 1 N–H and O–H groups in total. The minimum atomic E-state index is 0.598. The lowest BCUT2D eigenvalue weighted by Gasteiger charge is -2.36. The largest absolute Gasteiger partial charge is 0.463 e. The number of hydrogen-bond acceptors (Lipinski definition) is 5. The molecule has 20 heavy (non-hydrogen) atoms. The maximum atomic E-state index is 5.35. The number of furan rings is 1. The van der Waals surface area contributed by atoms with Gasteiger partial charge in [-0.25, -0.2) is 0 Å².